The largest absolute Gasteiger partial charge is 0.489 e. The highest BCUT2D eigenvalue weighted by Gasteiger charge is 2.26. The van der Waals surface area contributed by atoms with Crippen LogP contribution in [0, 0.1) is 5.92 Å². The number of aromatic nitrogens is 2. The zero-order valence-corrected chi connectivity index (χ0v) is 22.4. The molecule has 1 fully saturated rings. The Morgan fingerprint density at radius 1 is 1.05 bits per heavy atom. The number of nitrogens with zero attached hydrogens (tertiary/aromatic N) is 1. The molecule has 1 atom stereocenters. The summed E-state index contributed by atoms with van der Waals surface area (Å²) in [4.78, 5) is 31.6. The number of pyridine rings is 2. The van der Waals surface area contributed by atoms with E-state index in [-0.39, 0.29) is 38.7 Å². The molecule has 0 saturated heterocycles. The van der Waals surface area contributed by atoms with Crippen LogP contribution in [-0.4, -0.2) is 36.7 Å². The first-order chi connectivity index (χ1) is 18.7. The number of carbonyl (C=O) groups is 2. The van der Waals surface area contributed by atoms with Gasteiger partial charge >= 0.3 is 18.6 Å². The third-order valence-corrected chi connectivity index (χ3v) is 6.57. The molecule has 0 radical (unpaired) electrons. The molecule has 3 aromatic rings. The fraction of sp³-hybridized carbons (Fsp3) is 0.308. The number of ether oxygens (including phenoxy) is 4. The van der Waals surface area contributed by atoms with Crippen LogP contribution in [0.5, 0.6) is 11.5 Å². The number of carbonyl (C=O) groups excluding carboxylic acids is 2. The highest BCUT2D eigenvalue weighted by atomic mass is 35.5. The second-order valence-electron chi connectivity index (χ2n) is 8.60. The van der Waals surface area contributed by atoms with Crippen molar-refractivity contribution in [2.45, 2.75) is 32.0 Å². The molecule has 2 heterocycles. The van der Waals surface area contributed by atoms with Crippen LogP contribution in [0.2, 0.25) is 15.2 Å². The van der Waals surface area contributed by atoms with Gasteiger partial charge in [-0.3, -0.25) is 0 Å². The van der Waals surface area contributed by atoms with Gasteiger partial charge in [-0.2, -0.15) is 8.78 Å². The van der Waals surface area contributed by atoms with Crippen LogP contribution in [0.25, 0.3) is 0 Å². The zero-order valence-electron chi connectivity index (χ0n) is 20.2. The first-order valence-corrected chi connectivity index (χ1v) is 12.9. The lowest BCUT2D eigenvalue weighted by molar-refractivity contribution is -0.377. The van der Waals surface area contributed by atoms with Crippen LogP contribution in [-0.2, 0) is 20.7 Å². The average Bonchev–Trinajstić information content (AvgIpc) is 3.73. The smallest absolute Gasteiger partial charge is 0.387 e. The molecule has 0 spiro atoms. The van der Waals surface area contributed by atoms with E-state index in [4.69, 9.17) is 49.0 Å². The number of rotatable bonds is 12. The van der Waals surface area contributed by atoms with Gasteiger partial charge in [-0.05, 0) is 48.6 Å². The molecule has 0 aliphatic heterocycles. The van der Waals surface area contributed by atoms with Gasteiger partial charge in [0.2, 0.25) is 0 Å². The predicted molar refractivity (Wildman–Crippen MR) is 136 cm³/mol. The normalized spacial score (nSPS) is 13.6. The molecule has 1 N–H and O–H groups in total. The molecule has 2 aromatic heterocycles. The number of benzene rings is 1. The monoisotopic (exact) mass is 601 g/mol. The number of hydrogen-bond donors (Lipinski definition) is 0. The number of hydrogen-bond acceptors (Lipinski definition) is 7. The van der Waals surface area contributed by atoms with Gasteiger partial charge in [-0.15, -0.1) is 0 Å². The summed E-state index contributed by atoms with van der Waals surface area (Å²) in [5.74, 6) is -1.43. The van der Waals surface area contributed by atoms with Crippen LogP contribution < -0.4 is 14.5 Å². The maximum atomic E-state index is 13.0. The van der Waals surface area contributed by atoms with Crippen molar-refractivity contribution in [3.63, 3.8) is 0 Å². The van der Waals surface area contributed by atoms with E-state index in [0.29, 0.717) is 23.7 Å². The molecule has 0 amide bonds. The molecule has 13 heteroatoms. The van der Waals surface area contributed by atoms with Gasteiger partial charge in [0.1, 0.15) is 21.3 Å². The molecular formula is C26H22Cl3F2N2O6+. The minimum Gasteiger partial charge on any atom is -0.489 e. The van der Waals surface area contributed by atoms with Crippen LogP contribution in [0.3, 0.4) is 0 Å². The Bertz CT molecular complexity index is 1310. The first-order valence-electron chi connectivity index (χ1n) is 11.7. The summed E-state index contributed by atoms with van der Waals surface area (Å²) in [5.41, 5.74) is 0.950. The highest BCUT2D eigenvalue weighted by Crippen LogP contribution is 2.37. The zero-order chi connectivity index (χ0) is 27.9. The number of halogens is 5. The van der Waals surface area contributed by atoms with E-state index in [1.54, 1.807) is 0 Å². The van der Waals surface area contributed by atoms with Crippen molar-refractivity contribution in [1.82, 2.24) is 4.98 Å². The molecule has 0 bridgehead atoms. The Labute approximate surface area is 237 Å². The first kappa shape index (κ1) is 28.8. The lowest BCUT2D eigenvalue weighted by Crippen LogP contribution is -2.21. The summed E-state index contributed by atoms with van der Waals surface area (Å²) in [6, 6.07) is 7.03. The maximum absolute atomic E-state index is 13.0. The third kappa shape index (κ3) is 8.39. The fourth-order valence-electron chi connectivity index (χ4n) is 3.50. The lowest BCUT2D eigenvalue weighted by atomic mass is 10.0. The van der Waals surface area contributed by atoms with Gasteiger partial charge in [0.05, 0.1) is 12.2 Å². The molecule has 0 unspecified atom stereocenters. The van der Waals surface area contributed by atoms with Gasteiger partial charge in [0.15, 0.2) is 30.5 Å². The lowest BCUT2D eigenvalue weighted by Gasteiger charge is -2.21. The topological polar surface area (TPSA) is 98.1 Å². The second-order valence-corrected chi connectivity index (χ2v) is 9.80. The Balaban J connectivity index is 1.55. The number of aromatic amines is 1. The highest BCUT2D eigenvalue weighted by molar-refractivity contribution is 6.35. The molecule has 39 heavy (non-hydrogen) atoms. The standard InChI is InChI=1S/C26H21Cl3F2N2O6/c27-18-10-32-11-19(28)17(18)8-21(38-24(34)13-37-25(35)16-4-6-23(29)33-9-16)15-3-5-20(39-26(30)31)22(7-15)36-12-14-1-2-14/h3-7,9-11,14,21,26H,1-2,8,12-13H2/p+1/t21-/m0/s1. The number of alkyl halides is 2. The summed E-state index contributed by atoms with van der Waals surface area (Å²) in [5, 5.41) is 0.760. The molecule has 206 valence electrons. The summed E-state index contributed by atoms with van der Waals surface area (Å²) in [6.45, 7) is -3.44. The number of nitrogens with one attached hydrogen (secondary N) is 1. The van der Waals surface area contributed by atoms with Gasteiger partial charge in [0, 0.05) is 18.2 Å². The Hall–Kier alpha value is -3.21. The number of esters is 2. The van der Waals surface area contributed by atoms with E-state index in [1.807, 2.05) is 0 Å². The quantitative estimate of drug-likeness (QED) is 0.187. The van der Waals surface area contributed by atoms with Crippen molar-refractivity contribution in [1.29, 1.82) is 0 Å². The number of H-pyrrole nitrogens is 1. The molecule has 1 aliphatic carbocycles. The van der Waals surface area contributed by atoms with E-state index >= 15 is 0 Å². The Morgan fingerprint density at radius 2 is 1.79 bits per heavy atom. The summed E-state index contributed by atoms with van der Waals surface area (Å²) in [6.07, 6.45) is 5.21. The Morgan fingerprint density at radius 3 is 2.44 bits per heavy atom. The predicted octanol–water partition coefficient (Wildman–Crippen LogP) is 5.93. The third-order valence-electron chi connectivity index (χ3n) is 5.67. The van der Waals surface area contributed by atoms with Crippen molar-refractivity contribution in [2.24, 2.45) is 5.92 Å². The SMILES string of the molecule is O=C(COC(=O)c1ccc(Cl)nc1)O[C@@H](Cc1c(Cl)c[nH+]cc1Cl)c1ccc(OC(F)F)c(OCC2CC2)c1. The minimum absolute atomic E-state index is 0.0181. The molecule has 8 nitrogen and oxygen atoms in total. The average molecular weight is 603 g/mol. The van der Waals surface area contributed by atoms with E-state index in [9.17, 15) is 18.4 Å². The maximum Gasteiger partial charge on any atom is 0.387 e. The summed E-state index contributed by atoms with van der Waals surface area (Å²) in [7, 11) is 0. The van der Waals surface area contributed by atoms with Crippen molar-refractivity contribution < 1.29 is 42.3 Å². The van der Waals surface area contributed by atoms with Crippen molar-refractivity contribution in [2.75, 3.05) is 13.2 Å². The molecule has 1 aliphatic rings. The van der Waals surface area contributed by atoms with E-state index in [2.05, 4.69) is 14.7 Å². The molecular weight excluding hydrogens is 581 g/mol. The van der Waals surface area contributed by atoms with Crippen molar-refractivity contribution >= 4 is 46.7 Å². The van der Waals surface area contributed by atoms with E-state index in [0.717, 1.165) is 12.8 Å². The second kappa shape index (κ2) is 13.2. The van der Waals surface area contributed by atoms with Gasteiger partial charge in [-0.25, -0.2) is 19.6 Å². The fourth-order valence-corrected chi connectivity index (χ4v) is 4.15. The molecule has 4 rings (SSSR count). The Kier molecular flexibility index (Phi) is 9.77. The molecule has 1 aromatic carbocycles. The minimum atomic E-state index is -3.06. The van der Waals surface area contributed by atoms with Gasteiger partial charge < -0.3 is 18.9 Å². The van der Waals surface area contributed by atoms with Crippen molar-refractivity contribution in [3.05, 3.63) is 80.8 Å². The van der Waals surface area contributed by atoms with E-state index in [1.165, 1.54) is 48.9 Å². The van der Waals surface area contributed by atoms with Gasteiger partial charge in [-0.1, -0.05) is 40.9 Å². The van der Waals surface area contributed by atoms with Crippen LogP contribution in [0.15, 0.2) is 48.9 Å². The van der Waals surface area contributed by atoms with Crippen molar-refractivity contribution in [3.8, 4) is 11.5 Å². The summed E-state index contributed by atoms with van der Waals surface area (Å²) >= 11 is 18.4. The van der Waals surface area contributed by atoms with E-state index < -0.39 is 31.3 Å². The van der Waals surface area contributed by atoms with Gasteiger partial charge in [0.25, 0.3) is 0 Å². The summed E-state index contributed by atoms with van der Waals surface area (Å²) < 4.78 is 47.0. The van der Waals surface area contributed by atoms with Crippen LogP contribution in [0.4, 0.5) is 8.78 Å². The molecule has 1 saturated carbocycles. The van der Waals surface area contributed by atoms with Crippen LogP contribution in [0.1, 0.15) is 40.4 Å². The van der Waals surface area contributed by atoms with Crippen LogP contribution >= 0.6 is 34.8 Å².